The SMILES string of the molecule is CCOC(=O)C1CCN(c2nc(Cl)nc3sc(C(=O)OCc4ccccc4)c(C)c23)CC1. The van der Waals surface area contributed by atoms with Crippen molar-refractivity contribution in [3.05, 3.63) is 51.6 Å². The topological polar surface area (TPSA) is 81.6 Å². The Morgan fingerprint density at radius 3 is 2.56 bits per heavy atom. The second-order valence-electron chi connectivity index (χ2n) is 7.63. The highest BCUT2D eigenvalue weighted by Gasteiger charge is 2.29. The molecule has 4 rings (SSSR count). The molecule has 2 aromatic heterocycles. The molecule has 0 bridgehead atoms. The van der Waals surface area contributed by atoms with Crippen molar-refractivity contribution in [2.45, 2.75) is 33.3 Å². The normalized spacial score (nSPS) is 14.5. The Labute approximate surface area is 195 Å². The predicted molar refractivity (Wildman–Crippen MR) is 124 cm³/mol. The van der Waals surface area contributed by atoms with Gasteiger partial charge in [0.2, 0.25) is 5.28 Å². The third-order valence-electron chi connectivity index (χ3n) is 5.56. The molecule has 0 unspecified atom stereocenters. The number of rotatable bonds is 6. The van der Waals surface area contributed by atoms with Gasteiger partial charge in [0.25, 0.3) is 0 Å². The molecule has 1 aliphatic rings. The maximum Gasteiger partial charge on any atom is 0.349 e. The van der Waals surface area contributed by atoms with Crippen molar-refractivity contribution >= 4 is 50.9 Å². The molecule has 168 valence electrons. The van der Waals surface area contributed by atoms with Crippen molar-refractivity contribution in [2.24, 2.45) is 5.92 Å². The van der Waals surface area contributed by atoms with Crippen molar-refractivity contribution in [1.29, 1.82) is 0 Å². The number of carbonyl (C=O) groups excluding carboxylic acids is 2. The van der Waals surface area contributed by atoms with Crippen LogP contribution in [0.15, 0.2) is 30.3 Å². The number of nitrogens with zero attached hydrogens (tertiary/aromatic N) is 3. The summed E-state index contributed by atoms with van der Waals surface area (Å²) >= 11 is 7.47. The Bertz CT molecular complexity index is 1130. The van der Waals surface area contributed by atoms with Crippen LogP contribution in [-0.4, -0.2) is 41.6 Å². The number of benzene rings is 1. The van der Waals surface area contributed by atoms with Crippen molar-refractivity contribution in [3.63, 3.8) is 0 Å². The van der Waals surface area contributed by atoms with Gasteiger partial charge in [-0.2, -0.15) is 4.98 Å². The first kappa shape index (κ1) is 22.5. The lowest BCUT2D eigenvalue weighted by atomic mass is 9.97. The van der Waals surface area contributed by atoms with Gasteiger partial charge in [0.1, 0.15) is 22.1 Å². The summed E-state index contributed by atoms with van der Waals surface area (Å²) in [6.07, 6.45) is 1.36. The average Bonchev–Trinajstić information content (AvgIpc) is 3.14. The fourth-order valence-electron chi connectivity index (χ4n) is 3.89. The van der Waals surface area contributed by atoms with Crippen molar-refractivity contribution < 1.29 is 19.1 Å². The van der Waals surface area contributed by atoms with Gasteiger partial charge in [0, 0.05) is 13.1 Å². The summed E-state index contributed by atoms with van der Waals surface area (Å²) in [7, 11) is 0. The van der Waals surface area contributed by atoms with Gasteiger partial charge >= 0.3 is 11.9 Å². The number of esters is 2. The number of fused-ring (bicyclic) bond motifs is 1. The third kappa shape index (κ3) is 4.71. The molecule has 1 saturated heterocycles. The van der Waals surface area contributed by atoms with Crippen LogP contribution < -0.4 is 4.90 Å². The third-order valence-corrected chi connectivity index (χ3v) is 6.89. The number of aryl methyl sites for hydroxylation is 1. The molecule has 0 saturated carbocycles. The zero-order valence-electron chi connectivity index (χ0n) is 18.0. The molecular weight excluding hydrogens is 450 g/mol. The lowest BCUT2D eigenvalue weighted by Gasteiger charge is -2.32. The Balaban J connectivity index is 1.56. The van der Waals surface area contributed by atoms with Gasteiger partial charge in [0.15, 0.2) is 0 Å². The molecule has 3 aromatic rings. The number of anilines is 1. The molecule has 0 atom stereocenters. The number of thiophene rings is 1. The molecule has 7 nitrogen and oxygen atoms in total. The molecule has 32 heavy (non-hydrogen) atoms. The number of hydrogen-bond donors (Lipinski definition) is 0. The molecule has 1 aliphatic heterocycles. The first-order valence-electron chi connectivity index (χ1n) is 10.6. The van der Waals surface area contributed by atoms with E-state index in [2.05, 4.69) is 14.9 Å². The van der Waals surface area contributed by atoms with Gasteiger partial charge in [-0.1, -0.05) is 30.3 Å². The second kappa shape index (κ2) is 9.83. The summed E-state index contributed by atoms with van der Waals surface area (Å²) in [4.78, 5) is 36.9. The van der Waals surface area contributed by atoms with E-state index in [1.54, 1.807) is 0 Å². The molecule has 0 spiro atoms. The lowest BCUT2D eigenvalue weighted by molar-refractivity contribution is -0.148. The van der Waals surface area contributed by atoms with Gasteiger partial charge in [-0.3, -0.25) is 4.79 Å². The Morgan fingerprint density at radius 2 is 1.88 bits per heavy atom. The maximum atomic E-state index is 12.8. The van der Waals surface area contributed by atoms with Gasteiger partial charge < -0.3 is 14.4 Å². The van der Waals surface area contributed by atoms with Crippen LogP contribution in [0.25, 0.3) is 10.2 Å². The van der Waals surface area contributed by atoms with Crippen LogP contribution in [0.3, 0.4) is 0 Å². The average molecular weight is 474 g/mol. The van der Waals surface area contributed by atoms with E-state index in [9.17, 15) is 9.59 Å². The molecular formula is C23H24ClN3O4S. The predicted octanol–water partition coefficient (Wildman–Crippen LogP) is 4.79. The van der Waals surface area contributed by atoms with Gasteiger partial charge in [-0.25, -0.2) is 9.78 Å². The summed E-state index contributed by atoms with van der Waals surface area (Å²) in [5.74, 6) is 0.0508. The molecule has 0 radical (unpaired) electrons. The first-order chi connectivity index (χ1) is 15.5. The van der Waals surface area contributed by atoms with E-state index in [4.69, 9.17) is 21.1 Å². The largest absolute Gasteiger partial charge is 0.466 e. The van der Waals surface area contributed by atoms with E-state index in [1.807, 2.05) is 44.2 Å². The number of hydrogen-bond acceptors (Lipinski definition) is 8. The van der Waals surface area contributed by atoms with E-state index in [-0.39, 0.29) is 23.8 Å². The van der Waals surface area contributed by atoms with Crippen LogP contribution >= 0.6 is 22.9 Å². The first-order valence-corrected chi connectivity index (χ1v) is 11.8. The molecule has 0 amide bonds. The van der Waals surface area contributed by atoms with Crippen molar-refractivity contribution in [2.75, 3.05) is 24.6 Å². The second-order valence-corrected chi connectivity index (χ2v) is 8.96. The van der Waals surface area contributed by atoms with E-state index in [0.29, 0.717) is 48.1 Å². The van der Waals surface area contributed by atoms with Crippen LogP contribution in [0, 0.1) is 12.8 Å². The Hall–Kier alpha value is -2.71. The maximum absolute atomic E-state index is 12.8. The zero-order chi connectivity index (χ0) is 22.7. The zero-order valence-corrected chi connectivity index (χ0v) is 19.5. The highest BCUT2D eigenvalue weighted by molar-refractivity contribution is 7.20. The number of aromatic nitrogens is 2. The number of carbonyl (C=O) groups is 2. The van der Waals surface area contributed by atoms with Gasteiger partial charge in [-0.05, 0) is 49.4 Å². The van der Waals surface area contributed by atoms with E-state index in [0.717, 1.165) is 16.5 Å². The van der Waals surface area contributed by atoms with Crippen LogP contribution in [0.1, 0.15) is 40.6 Å². The van der Waals surface area contributed by atoms with E-state index < -0.39 is 5.97 Å². The van der Waals surface area contributed by atoms with Crippen molar-refractivity contribution in [1.82, 2.24) is 9.97 Å². The summed E-state index contributed by atoms with van der Waals surface area (Å²) < 4.78 is 10.7. The Morgan fingerprint density at radius 1 is 1.16 bits per heavy atom. The summed E-state index contributed by atoms with van der Waals surface area (Å²) in [5, 5.41) is 0.936. The molecule has 3 heterocycles. The van der Waals surface area contributed by atoms with E-state index in [1.165, 1.54) is 11.3 Å². The highest BCUT2D eigenvalue weighted by Crippen LogP contribution is 2.38. The van der Waals surface area contributed by atoms with Crippen LogP contribution in [0.5, 0.6) is 0 Å². The molecule has 0 aliphatic carbocycles. The molecule has 1 fully saturated rings. The van der Waals surface area contributed by atoms with Gasteiger partial charge in [-0.15, -0.1) is 11.3 Å². The molecule has 0 N–H and O–H groups in total. The lowest BCUT2D eigenvalue weighted by Crippen LogP contribution is -2.37. The van der Waals surface area contributed by atoms with Crippen LogP contribution in [-0.2, 0) is 20.9 Å². The van der Waals surface area contributed by atoms with E-state index >= 15 is 0 Å². The van der Waals surface area contributed by atoms with Gasteiger partial charge in [0.05, 0.1) is 17.9 Å². The standard InChI is InChI=1S/C23H24ClN3O4S/c1-3-30-21(28)16-9-11-27(12-10-16)19-17-14(2)18(32-20(17)26-23(24)25-19)22(29)31-13-15-7-5-4-6-8-15/h4-8,16H,3,9-13H2,1-2H3. The minimum Gasteiger partial charge on any atom is -0.466 e. The number of halogens is 1. The monoisotopic (exact) mass is 473 g/mol. The smallest absolute Gasteiger partial charge is 0.349 e. The fraction of sp³-hybridized carbons (Fsp3) is 0.391. The number of piperidine rings is 1. The molecule has 9 heteroatoms. The van der Waals surface area contributed by atoms with Crippen LogP contribution in [0.2, 0.25) is 5.28 Å². The minimum absolute atomic E-state index is 0.105. The summed E-state index contributed by atoms with van der Waals surface area (Å²) in [6, 6.07) is 9.55. The number of ether oxygens (including phenoxy) is 2. The Kier molecular flexibility index (Phi) is 6.91. The fourth-order valence-corrected chi connectivity index (χ4v) is 5.18. The summed E-state index contributed by atoms with van der Waals surface area (Å²) in [6.45, 7) is 5.58. The highest BCUT2D eigenvalue weighted by atomic mass is 35.5. The summed E-state index contributed by atoms with van der Waals surface area (Å²) in [5.41, 5.74) is 1.70. The molecule has 1 aromatic carbocycles. The minimum atomic E-state index is -0.391. The van der Waals surface area contributed by atoms with Crippen LogP contribution in [0.4, 0.5) is 5.82 Å². The van der Waals surface area contributed by atoms with Crippen molar-refractivity contribution in [3.8, 4) is 0 Å². The quantitative estimate of drug-likeness (QED) is 0.376.